The summed E-state index contributed by atoms with van der Waals surface area (Å²) < 4.78 is 10.9. The molecule has 8 nitrogen and oxygen atoms in total. The summed E-state index contributed by atoms with van der Waals surface area (Å²) in [5, 5.41) is 0. The second-order valence-electron chi connectivity index (χ2n) is 8.15. The van der Waals surface area contributed by atoms with E-state index in [2.05, 4.69) is 0 Å². The van der Waals surface area contributed by atoms with Crippen LogP contribution >= 0.6 is 0 Å². The Kier molecular flexibility index (Phi) is 7.08. The Labute approximate surface area is 184 Å². The van der Waals surface area contributed by atoms with E-state index in [1.54, 1.807) is 24.0 Å². The number of benzene rings is 1. The van der Waals surface area contributed by atoms with E-state index < -0.39 is 5.54 Å². The highest BCUT2D eigenvalue weighted by molar-refractivity contribution is 6.08. The molecule has 170 valence electrons. The van der Waals surface area contributed by atoms with Crippen molar-refractivity contribution in [2.24, 2.45) is 0 Å². The number of hydrogen-bond donors (Lipinski definition) is 0. The van der Waals surface area contributed by atoms with E-state index in [-0.39, 0.29) is 24.4 Å². The van der Waals surface area contributed by atoms with Gasteiger partial charge < -0.3 is 19.3 Å². The molecule has 0 aromatic heterocycles. The van der Waals surface area contributed by atoms with Crippen LogP contribution in [0.2, 0.25) is 0 Å². The molecule has 1 aromatic carbocycles. The number of methoxy groups -OCH3 is 1. The van der Waals surface area contributed by atoms with Gasteiger partial charge >= 0.3 is 6.03 Å². The van der Waals surface area contributed by atoms with E-state index in [1.807, 2.05) is 32.0 Å². The summed E-state index contributed by atoms with van der Waals surface area (Å²) in [6.07, 6.45) is 4.26. The Morgan fingerprint density at radius 1 is 1.13 bits per heavy atom. The number of imide groups is 1. The Morgan fingerprint density at radius 2 is 1.84 bits per heavy atom. The van der Waals surface area contributed by atoms with E-state index in [0.717, 1.165) is 29.7 Å². The fourth-order valence-electron chi connectivity index (χ4n) is 4.59. The van der Waals surface area contributed by atoms with Crippen molar-refractivity contribution < 1.29 is 23.9 Å². The lowest BCUT2D eigenvalue weighted by Crippen LogP contribution is -2.49. The highest BCUT2D eigenvalue weighted by atomic mass is 16.5. The molecule has 0 bridgehead atoms. The molecule has 31 heavy (non-hydrogen) atoms. The average Bonchev–Trinajstić information content (AvgIpc) is 2.95. The number of hydrogen-bond acceptors (Lipinski definition) is 5. The van der Waals surface area contributed by atoms with Crippen LogP contribution in [0.4, 0.5) is 4.79 Å². The number of nitrogens with zero attached hydrogens (tertiary/aromatic N) is 3. The Hall–Kier alpha value is -2.77. The zero-order chi connectivity index (χ0) is 22.6. The minimum Gasteiger partial charge on any atom is -0.493 e. The van der Waals surface area contributed by atoms with Crippen molar-refractivity contribution in [2.45, 2.75) is 58.0 Å². The number of urea groups is 1. The Bertz CT molecular complexity index is 835. The maximum absolute atomic E-state index is 13.2. The van der Waals surface area contributed by atoms with Crippen LogP contribution in [0.25, 0.3) is 0 Å². The van der Waals surface area contributed by atoms with Gasteiger partial charge in [-0.05, 0) is 44.4 Å². The van der Waals surface area contributed by atoms with Crippen molar-refractivity contribution >= 4 is 17.8 Å². The molecule has 2 aliphatic rings. The summed E-state index contributed by atoms with van der Waals surface area (Å²) in [5.41, 5.74) is 0.116. The highest BCUT2D eigenvalue weighted by Crippen LogP contribution is 2.39. The first-order valence-electron chi connectivity index (χ1n) is 11.0. The quantitative estimate of drug-likeness (QED) is 0.591. The molecule has 2 fully saturated rings. The predicted molar refractivity (Wildman–Crippen MR) is 116 cm³/mol. The van der Waals surface area contributed by atoms with Gasteiger partial charge in [0.25, 0.3) is 5.91 Å². The maximum Gasteiger partial charge on any atom is 0.327 e. The Balaban J connectivity index is 1.71. The van der Waals surface area contributed by atoms with Gasteiger partial charge in [-0.25, -0.2) is 4.79 Å². The van der Waals surface area contributed by atoms with E-state index in [0.29, 0.717) is 44.0 Å². The molecule has 1 saturated carbocycles. The van der Waals surface area contributed by atoms with Crippen molar-refractivity contribution in [3.8, 4) is 11.5 Å². The van der Waals surface area contributed by atoms with Crippen LogP contribution in [0.1, 0.15) is 51.5 Å². The minimum absolute atomic E-state index is 0.230. The van der Waals surface area contributed by atoms with Gasteiger partial charge in [-0.15, -0.1) is 0 Å². The van der Waals surface area contributed by atoms with Gasteiger partial charge in [-0.3, -0.25) is 14.5 Å². The van der Waals surface area contributed by atoms with Crippen molar-refractivity contribution in [1.82, 2.24) is 14.7 Å². The van der Waals surface area contributed by atoms with Gasteiger partial charge in [0.05, 0.1) is 13.7 Å². The van der Waals surface area contributed by atoms with Gasteiger partial charge in [0.2, 0.25) is 5.91 Å². The summed E-state index contributed by atoms with van der Waals surface area (Å²) in [5.74, 6) is 0.774. The maximum atomic E-state index is 13.2. The van der Waals surface area contributed by atoms with Crippen LogP contribution in [0, 0.1) is 0 Å². The number of carbonyl (C=O) groups is 3. The summed E-state index contributed by atoms with van der Waals surface area (Å²) in [6, 6.07) is 5.18. The minimum atomic E-state index is -0.769. The number of amides is 4. The lowest BCUT2D eigenvalue weighted by atomic mass is 9.81. The Morgan fingerprint density at radius 3 is 2.45 bits per heavy atom. The molecular weight excluding hydrogens is 398 g/mol. The molecule has 1 saturated heterocycles. The molecule has 0 N–H and O–H groups in total. The molecule has 1 aromatic rings. The summed E-state index contributed by atoms with van der Waals surface area (Å²) >= 11 is 0. The van der Waals surface area contributed by atoms with Crippen LogP contribution in [-0.2, 0) is 16.1 Å². The van der Waals surface area contributed by atoms with Gasteiger partial charge in [-0.1, -0.05) is 25.3 Å². The van der Waals surface area contributed by atoms with Crippen molar-refractivity contribution in [3.05, 3.63) is 23.8 Å². The van der Waals surface area contributed by atoms with Crippen LogP contribution in [0.3, 0.4) is 0 Å². The fourth-order valence-corrected chi connectivity index (χ4v) is 4.59. The molecule has 1 aliphatic carbocycles. The van der Waals surface area contributed by atoms with Crippen molar-refractivity contribution in [3.63, 3.8) is 0 Å². The molecule has 0 unspecified atom stereocenters. The van der Waals surface area contributed by atoms with Gasteiger partial charge in [0.15, 0.2) is 11.5 Å². The summed E-state index contributed by atoms with van der Waals surface area (Å²) in [6.45, 7) is 4.91. The highest BCUT2D eigenvalue weighted by Gasteiger charge is 2.55. The first-order valence-corrected chi connectivity index (χ1v) is 11.0. The smallest absolute Gasteiger partial charge is 0.327 e. The molecule has 3 rings (SSSR count). The third kappa shape index (κ3) is 4.34. The van der Waals surface area contributed by atoms with Gasteiger partial charge in [0.1, 0.15) is 12.1 Å². The van der Waals surface area contributed by atoms with Crippen LogP contribution in [0.5, 0.6) is 11.5 Å². The zero-order valence-corrected chi connectivity index (χ0v) is 19.0. The fraction of sp³-hybridized carbons (Fsp3) is 0.609. The molecule has 4 amide bonds. The van der Waals surface area contributed by atoms with Crippen LogP contribution in [-0.4, -0.2) is 71.9 Å². The van der Waals surface area contributed by atoms with Crippen molar-refractivity contribution in [2.75, 3.05) is 33.9 Å². The second-order valence-corrected chi connectivity index (χ2v) is 8.15. The van der Waals surface area contributed by atoms with Crippen molar-refractivity contribution in [1.29, 1.82) is 0 Å². The third-order valence-electron chi connectivity index (χ3n) is 6.41. The molecular formula is C23H33N3O5. The predicted octanol–water partition coefficient (Wildman–Crippen LogP) is 3.04. The molecule has 0 atom stereocenters. The summed E-state index contributed by atoms with van der Waals surface area (Å²) in [7, 11) is 3.26. The van der Waals surface area contributed by atoms with E-state index >= 15 is 0 Å². The SMILES string of the molecule is CCOc1ccc(CN(CC)C(=O)CN2C(=O)N(C)C3(CCCCC3)C2=O)cc1OC. The van der Waals surface area contributed by atoms with E-state index in [9.17, 15) is 14.4 Å². The normalized spacial score (nSPS) is 17.9. The first kappa shape index (κ1) is 22.9. The molecule has 1 spiro atoms. The number of likely N-dealkylation sites (N-methyl/N-ethyl adjacent to an activating group) is 2. The van der Waals surface area contributed by atoms with E-state index in [4.69, 9.17) is 9.47 Å². The van der Waals surface area contributed by atoms with Crippen LogP contribution < -0.4 is 9.47 Å². The first-order chi connectivity index (χ1) is 14.9. The topological polar surface area (TPSA) is 79.4 Å². The standard InChI is InChI=1S/C23H33N3O5/c1-5-25(15-17-10-11-18(31-6-2)19(14-17)30-4)20(27)16-26-21(28)23(24(3)22(26)29)12-8-7-9-13-23/h10-11,14H,5-9,12-13,15-16H2,1-4H3. The molecule has 0 radical (unpaired) electrons. The van der Waals surface area contributed by atoms with Crippen LogP contribution in [0.15, 0.2) is 18.2 Å². The number of carbonyl (C=O) groups excluding carboxylic acids is 3. The van der Waals surface area contributed by atoms with Gasteiger partial charge in [0, 0.05) is 20.1 Å². The lowest BCUT2D eigenvalue weighted by Gasteiger charge is -2.35. The number of rotatable bonds is 8. The molecule has 8 heteroatoms. The second kappa shape index (κ2) is 9.58. The zero-order valence-electron chi connectivity index (χ0n) is 19.0. The number of ether oxygens (including phenoxy) is 2. The average molecular weight is 432 g/mol. The molecule has 1 heterocycles. The summed E-state index contributed by atoms with van der Waals surface area (Å²) in [4.78, 5) is 43.3. The third-order valence-corrected chi connectivity index (χ3v) is 6.41. The molecule has 1 aliphatic heterocycles. The van der Waals surface area contributed by atoms with E-state index in [1.165, 1.54) is 0 Å². The monoisotopic (exact) mass is 431 g/mol. The van der Waals surface area contributed by atoms with Gasteiger partial charge in [-0.2, -0.15) is 0 Å². The lowest BCUT2D eigenvalue weighted by molar-refractivity contribution is -0.140. The largest absolute Gasteiger partial charge is 0.493 e.